The van der Waals surface area contributed by atoms with Gasteiger partial charge in [0.25, 0.3) is 0 Å². The van der Waals surface area contributed by atoms with Gasteiger partial charge < -0.3 is 15.4 Å². The van der Waals surface area contributed by atoms with Crippen LogP contribution in [0.2, 0.25) is 0 Å². The zero-order valence-electron chi connectivity index (χ0n) is 31.8. The summed E-state index contributed by atoms with van der Waals surface area (Å²) in [5.74, 6) is 3.68. The lowest BCUT2D eigenvalue weighted by Crippen LogP contribution is -2.54. The standard InChI is InChI=1S/C44H63N3O4/c1-29-25-39-42(47(28-29)24-23-46-40(49)13-9-6-10-22-45-41(50)17-14-32-11-7-5-8-12-32)31(3)44(51-39)21-19-35-36-16-15-33-26-34(48)18-20-43(33,4)38(36)27-37(35)30(44)2/h5,7-8,11-12,15,29,31,35-36,38-39,42H,6,9-10,13-14,16-28H2,1-4H3,(H,45,50)(H,46,49)/t29-,31-,35+,36-,38-,39-,42+,43+,44+/m1/s1. The molecule has 51 heavy (non-hydrogen) atoms. The predicted molar refractivity (Wildman–Crippen MR) is 202 cm³/mol. The highest BCUT2D eigenvalue weighted by atomic mass is 16.5. The molecule has 1 aromatic carbocycles. The topological polar surface area (TPSA) is 87.7 Å². The summed E-state index contributed by atoms with van der Waals surface area (Å²) in [4.78, 5) is 40.0. The largest absolute Gasteiger partial charge is 0.365 e. The van der Waals surface area contributed by atoms with Crippen LogP contribution in [0, 0.1) is 35.0 Å². The van der Waals surface area contributed by atoms with Crippen molar-refractivity contribution in [2.75, 3.05) is 26.2 Å². The summed E-state index contributed by atoms with van der Waals surface area (Å²) in [6.45, 7) is 13.0. The minimum Gasteiger partial charge on any atom is -0.365 e. The normalized spacial score (nSPS) is 35.9. The number of ether oxygens (including phenoxy) is 1. The quantitative estimate of drug-likeness (QED) is 0.176. The number of carbonyl (C=O) groups is 3. The molecule has 2 saturated heterocycles. The van der Waals surface area contributed by atoms with Gasteiger partial charge in [0.2, 0.25) is 11.8 Å². The number of amides is 2. The van der Waals surface area contributed by atoms with E-state index < -0.39 is 0 Å². The third kappa shape index (κ3) is 7.28. The number of nitrogens with one attached hydrogen (secondary N) is 2. The molecular formula is C44H63N3O4. The van der Waals surface area contributed by atoms with Crippen molar-refractivity contribution in [3.63, 3.8) is 0 Å². The lowest BCUT2D eigenvalue weighted by molar-refractivity contribution is -0.122. The van der Waals surface area contributed by atoms with Gasteiger partial charge in [0.15, 0.2) is 0 Å². The minimum atomic E-state index is -0.179. The number of fused-ring (bicyclic) bond motifs is 6. The van der Waals surface area contributed by atoms with Crippen LogP contribution in [0.15, 0.2) is 53.1 Å². The Labute approximate surface area is 306 Å². The van der Waals surface area contributed by atoms with Gasteiger partial charge in [-0.1, -0.05) is 74.7 Å². The molecule has 7 heteroatoms. The molecule has 2 saturated carbocycles. The summed E-state index contributed by atoms with van der Waals surface area (Å²) in [7, 11) is 0. The lowest BCUT2D eigenvalue weighted by atomic mass is 9.57. The first-order chi connectivity index (χ1) is 24.6. The SMILES string of the molecule is CC1=C2C[C@@H]3[C@H](CC=C4CC(=O)CC[C@@]43C)[C@@H]2CC[C@]12O[C@@H]1C[C@@H](C)CN(CCNC(=O)CCCCCNC(=O)CCc3ccccc3)[C@H]1[C@H]2C. The Morgan fingerprint density at radius 1 is 1.00 bits per heavy atom. The Kier molecular flexibility index (Phi) is 11.0. The lowest BCUT2D eigenvalue weighted by Gasteiger charge is -2.47. The summed E-state index contributed by atoms with van der Waals surface area (Å²) < 4.78 is 7.32. The van der Waals surface area contributed by atoms with Gasteiger partial charge in [0.05, 0.1) is 11.7 Å². The first-order valence-electron chi connectivity index (χ1n) is 20.5. The molecule has 0 aromatic heterocycles. The summed E-state index contributed by atoms with van der Waals surface area (Å²) in [5, 5.41) is 6.25. The Hall–Kier alpha value is -2.77. The van der Waals surface area contributed by atoms with E-state index in [1.54, 1.807) is 11.1 Å². The van der Waals surface area contributed by atoms with Gasteiger partial charge in [0, 0.05) is 63.8 Å². The number of benzene rings is 1. The Bertz CT molecular complexity index is 1520. The van der Waals surface area contributed by atoms with Crippen molar-refractivity contribution in [2.24, 2.45) is 35.0 Å². The van der Waals surface area contributed by atoms with Crippen molar-refractivity contribution in [1.82, 2.24) is 15.5 Å². The second-order valence-corrected chi connectivity index (χ2v) is 17.5. The van der Waals surface area contributed by atoms with E-state index in [0.29, 0.717) is 73.8 Å². The number of hydrogen-bond donors (Lipinski definition) is 2. The molecule has 9 atom stereocenters. The molecule has 6 aliphatic rings. The average Bonchev–Trinajstić information content (AvgIpc) is 3.64. The van der Waals surface area contributed by atoms with E-state index in [1.807, 2.05) is 18.2 Å². The van der Waals surface area contributed by atoms with Gasteiger partial charge in [0.1, 0.15) is 5.78 Å². The van der Waals surface area contributed by atoms with Gasteiger partial charge >= 0.3 is 0 Å². The van der Waals surface area contributed by atoms with Crippen LogP contribution in [0.25, 0.3) is 0 Å². The first-order valence-corrected chi connectivity index (χ1v) is 20.5. The number of nitrogens with zero attached hydrogens (tertiary/aromatic N) is 1. The molecule has 1 aromatic rings. The number of carbonyl (C=O) groups excluding carboxylic acids is 3. The highest BCUT2D eigenvalue weighted by molar-refractivity contribution is 5.82. The van der Waals surface area contributed by atoms with Gasteiger partial charge in [-0.2, -0.15) is 0 Å². The molecule has 4 fully saturated rings. The number of ketones is 1. The van der Waals surface area contributed by atoms with E-state index in [4.69, 9.17) is 4.74 Å². The average molecular weight is 698 g/mol. The van der Waals surface area contributed by atoms with Crippen molar-refractivity contribution in [3.05, 3.63) is 58.7 Å². The fraction of sp³-hybridized carbons (Fsp3) is 0.705. The fourth-order valence-corrected chi connectivity index (χ4v) is 11.8. The molecule has 0 unspecified atom stereocenters. The van der Waals surface area contributed by atoms with Gasteiger partial charge in [-0.15, -0.1) is 0 Å². The monoisotopic (exact) mass is 697 g/mol. The molecule has 1 spiro atoms. The van der Waals surface area contributed by atoms with Crippen LogP contribution >= 0.6 is 0 Å². The molecule has 7 rings (SSSR count). The van der Waals surface area contributed by atoms with Crippen LogP contribution in [-0.4, -0.2) is 66.4 Å². The Balaban J connectivity index is 0.881. The van der Waals surface area contributed by atoms with Crippen molar-refractivity contribution < 1.29 is 19.1 Å². The van der Waals surface area contributed by atoms with Gasteiger partial charge in [-0.3, -0.25) is 19.3 Å². The van der Waals surface area contributed by atoms with E-state index in [9.17, 15) is 14.4 Å². The summed E-state index contributed by atoms with van der Waals surface area (Å²) in [5.41, 5.74) is 5.87. The first kappa shape index (κ1) is 36.6. The van der Waals surface area contributed by atoms with Crippen LogP contribution < -0.4 is 10.6 Å². The van der Waals surface area contributed by atoms with E-state index in [-0.39, 0.29) is 28.9 Å². The van der Waals surface area contributed by atoms with Crippen molar-refractivity contribution in [2.45, 2.75) is 135 Å². The van der Waals surface area contributed by atoms with Crippen LogP contribution in [-0.2, 0) is 25.5 Å². The molecule has 278 valence electrons. The molecule has 2 heterocycles. The molecule has 2 aliphatic heterocycles. The molecule has 2 N–H and O–H groups in total. The summed E-state index contributed by atoms with van der Waals surface area (Å²) in [6.07, 6.45) is 15.4. The van der Waals surface area contributed by atoms with Crippen molar-refractivity contribution in [3.8, 4) is 0 Å². The number of hydrogen-bond acceptors (Lipinski definition) is 5. The number of Topliss-reactive ketones (excluding diaryl/α,β-unsaturated/α-hetero) is 1. The molecule has 2 amide bonds. The predicted octanol–water partition coefficient (Wildman–Crippen LogP) is 7.35. The van der Waals surface area contributed by atoms with E-state index in [2.05, 4.69) is 61.4 Å². The van der Waals surface area contributed by atoms with Crippen LogP contribution in [0.5, 0.6) is 0 Å². The zero-order chi connectivity index (χ0) is 35.8. The van der Waals surface area contributed by atoms with E-state index >= 15 is 0 Å². The van der Waals surface area contributed by atoms with Gasteiger partial charge in [-0.25, -0.2) is 0 Å². The van der Waals surface area contributed by atoms with Crippen LogP contribution in [0.1, 0.15) is 117 Å². The number of unbranched alkanes of at least 4 members (excludes halogenated alkanes) is 2. The van der Waals surface area contributed by atoms with Gasteiger partial charge in [-0.05, 0) is 105 Å². The molecule has 7 nitrogen and oxygen atoms in total. The maximum absolute atomic E-state index is 12.8. The Morgan fingerprint density at radius 2 is 1.78 bits per heavy atom. The zero-order valence-corrected chi connectivity index (χ0v) is 31.8. The van der Waals surface area contributed by atoms with Crippen molar-refractivity contribution >= 4 is 17.6 Å². The second kappa shape index (κ2) is 15.3. The maximum Gasteiger partial charge on any atom is 0.220 e. The second-order valence-electron chi connectivity index (χ2n) is 17.5. The summed E-state index contributed by atoms with van der Waals surface area (Å²) >= 11 is 0. The smallest absolute Gasteiger partial charge is 0.220 e. The third-order valence-corrected chi connectivity index (χ3v) is 14.6. The number of likely N-dealkylation sites (tertiary alicyclic amines) is 1. The molecular weight excluding hydrogens is 635 g/mol. The molecule has 0 bridgehead atoms. The third-order valence-electron chi connectivity index (χ3n) is 14.6. The molecule has 4 aliphatic carbocycles. The number of rotatable bonds is 12. The molecule has 0 radical (unpaired) electrons. The minimum absolute atomic E-state index is 0.0962. The number of aryl methyl sites for hydroxylation is 1. The highest BCUT2D eigenvalue weighted by Gasteiger charge is 2.61. The van der Waals surface area contributed by atoms with Crippen LogP contribution in [0.3, 0.4) is 0 Å². The van der Waals surface area contributed by atoms with Crippen molar-refractivity contribution in [1.29, 1.82) is 0 Å². The van der Waals surface area contributed by atoms with E-state index in [0.717, 1.165) is 70.9 Å². The number of allylic oxidation sites excluding steroid dienone is 3. The highest BCUT2D eigenvalue weighted by Crippen LogP contribution is 2.65. The fourth-order valence-electron chi connectivity index (χ4n) is 11.8. The van der Waals surface area contributed by atoms with E-state index in [1.165, 1.54) is 24.0 Å². The summed E-state index contributed by atoms with van der Waals surface area (Å²) in [6, 6.07) is 10.5. The maximum atomic E-state index is 12.8. The number of piperidine rings is 1. The Morgan fingerprint density at radius 3 is 2.61 bits per heavy atom. The van der Waals surface area contributed by atoms with Crippen LogP contribution in [0.4, 0.5) is 0 Å².